The lowest BCUT2D eigenvalue weighted by molar-refractivity contribution is -0.146. The van der Waals surface area contributed by atoms with E-state index in [1.807, 2.05) is 0 Å². The Balaban J connectivity index is 1.89. The molecule has 2 atom stereocenters. The van der Waals surface area contributed by atoms with E-state index < -0.39 is 121 Å². The number of methoxy groups -OCH3 is 1. The average molecular weight is 705 g/mol. The summed E-state index contributed by atoms with van der Waals surface area (Å²) in [6.45, 7) is 0.390. The van der Waals surface area contributed by atoms with Crippen LogP contribution in [0.4, 0.5) is 22.0 Å². The van der Waals surface area contributed by atoms with Gasteiger partial charge in [-0.2, -0.15) is 13.2 Å². The molecule has 0 N–H and O–H groups in total. The molecule has 2 amide bonds. The standard InChI is InChI=1S/C30H26ClF5N2O8S/c1-14(2)46-29(42)23-20(13-47(43,44)11-10-38-26(39)15-6-4-5-7-16(15)27(38)40)37-19(12-32)22(28(41)45-3)24(23)21-18(33)9-8-17(31)25(21)30(34,35)36/h4-9,14,22,24H,10-13H2,1-3H3. The highest BCUT2D eigenvalue weighted by Gasteiger charge is 2.50. The quantitative estimate of drug-likeness (QED) is 0.197. The first-order chi connectivity index (χ1) is 21.9. The number of rotatable bonds is 10. The predicted molar refractivity (Wildman–Crippen MR) is 157 cm³/mol. The van der Waals surface area contributed by atoms with Crippen LogP contribution in [0.25, 0.3) is 0 Å². The molecule has 2 aromatic carbocycles. The van der Waals surface area contributed by atoms with Crippen LogP contribution < -0.4 is 0 Å². The molecule has 0 fully saturated rings. The van der Waals surface area contributed by atoms with Crippen molar-refractivity contribution in [3.05, 3.63) is 80.8 Å². The minimum absolute atomic E-state index is 0.0431. The first kappa shape index (κ1) is 35.7. The summed E-state index contributed by atoms with van der Waals surface area (Å²) in [6, 6.07) is 6.87. The summed E-state index contributed by atoms with van der Waals surface area (Å²) in [7, 11) is -3.73. The van der Waals surface area contributed by atoms with Crippen LogP contribution in [0.15, 0.2) is 52.7 Å². The molecule has 2 aliphatic heterocycles. The molecule has 0 bridgehead atoms. The molecular formula is C30H26ClF5N2O8S. The molecule has 2 aromatic rings. The van der Waals surface area contributed by atoms with E-state index in [0.717, 1.165) is 7.11 Å². The fourth-order valence-electron chi connectivity index (χ4n) is 5.41. The van der Waals surface area contributed by atoms with Crippen LogP contribution in [0, 0.1) is 11.7 Å². The number of sulfone groups is 1. The number of carbonyl (C=O) groups is 4. The molecule has 17 heteroatoms. The molecule has 0 radical (unpaired) electrons. The monoisotopic (exact) mass is 704 g/mol. The Labute approximate surface area is 270 Å². The highest BCUT2D eigenvalue weighted by atomic mass is 35.5. The predicted octanol–water partition coefficient (Wildman–Crippen LogP) is 4.71. The Bertz CT molecular complexity index is 1790. The van der Waals surface area contributed by atoms with Crippen molar-refractivity contribution >= 4 is 50.9 Å². The molecule has 0 aliphatic carbocycles. The first-order valence-electron chi connectivity index (χ1n) is 13.8. The van der Waals surface area contributed by atoms with Crippen LogP contribution in [0.3, 0.4) is 0 Å². The van der Waals surface area contributed by atoms with Gasteiger partial charge in [-0.05, 0) is 38.1 Å². The lowest BCUT2D eigenvalue weighted by Gasteiger charge is -2.34. The van der Waals surface area contributed by atoms with Crippen LogP contribution in [0.5, 0.6) is 0 Å². The molecule has 4 rings (SSSR count). The Morgan fingerprint density at radius 1 is 1.06 bits per heavy atom. The number of hydrogen-bond donors (Lipinski definition) is 0. The molecule has 2 heterocycles. The number of carbonyl (C=O) groups excluding carboxylic acids is 4. The van der Waals surface area contributed by atoms with Crippen molar-refractivity contribution in [3.63, 3.8) is 0 Å². The van der Waals surface area contributed by atoms with Gasteiger partial charge in [0, 0.05) is 18.0 Å². The van der Waals surface area contributed by atoms with Crippen LogP contribution in [-0.2, 0) is 35.1 Å². The molecule has 0 aromatic heterocycles. The minimum atomic E-state index is -5.38. The third-order valence-electron chi connectivity index (χ3n) is 7.34. The van der Waals surface area contributed by atoms with Crippen molar-refractivity contribution in [2.45, 2.75) is 32.0 Å². The Morgan fingerprint density at radius 2 is 1.66 bits per heavy atom. The van der Waals surface area contributed by atoms with Gasteiger partial charge in [0.1, 0.15) is 18.4 Å². The number of esters is 2. The molecule has 2 aliphatic rings. The minimum Gasteiger partial charge on any atom is -0.468 e. The van der Waals surface area contributed by atoms with E-state index in [9.17, 15) is 45.2 Å². The van der Waals surface area contributed by atoms with E-state index in [4.69, 9.17) is 16.3 Å². The molecular weight excluding hydrogens is 679 g/mol. The summed E-state index contributed by atoms with van der Waals surface area (Å²) in [4.78, 5) is 56.6. The normalized spacial score (nSPS) is 18.4. The van der Waals surface area contributed by atoms with E-state index in [1.54, 1.807) is 0 Å². The Hall–Kier alpha value is -4.18. The van der Waals surface area contributed by atoms with E-state index in [-0.39, 0.29) is 11.1 Å². The van der Waals surface area contributed by atoms with Crippen molar-refractivity contribution < 1.29 is 59.0 Å². The maximum absolute atomic E-state index is 15.6. The number of halogens is 6. The molecule has 2 unspecified atom stereocenters. The second-order valence-electron chi connectivity index (χ2n) is 10.7. The van der Waals surface area contributed by atoms with Crippen molar-refractivity contribution in [2.75, 3.05) is 31.8 Å². The number of hydrogen-bond acceptors (Lipinski definition) is 9. The van der Waals surface area contributed by atoms with Crippen molar-refractivity contribution in [2.24, 2.45) is 10.9 Å². The fourth-order valence-corrected chi connectivity index (χ4v) is 6.92. The van der Waals surface area contributed by atoms with E-state index in [2.05, 4.69) is 9.73 Å². The summed E-state index contributed by atoms with van der Waals surface area (Å²) in [6.07, 6.45) is -6.34. The third kappa shape index (κ3) is 7.07. The van der Waals surface area contributed by atoms with E-state index >= 15 is 4.39 Å². The number of nitrogens with zero attached hydrogens (tertiary/aromatic N) is 2. The van der Waals surface area contributed by atoms with Gasteiger partial charge in [-0.15, -0.1) is 0 Å². The number of ether oxygens (including phenoxy) is 2. The van der Waals surface area contributed by atoms with Crippen molar-refractivity contribution in [1.82, 2.24) is 4.90 Å². The van der Waals surface area contributed by atoms with Crippen LogP contribution in [-0.4, -0.2) is 80.7 Å². The van der Waals surface area contributed by atoms with Gasteiger partial charge in [0.15, 0.2) is 9.84 Å². The summed E-state index contributed by atoms with van der Waals surface area (Å²) in [5, 5.41) is -1.03. The van der Waals surface area contributed by atoms with Gasteiger partial charge in [0.05, 0.1) is 63.4 Å². The summed E-state index contributed by atoms with van der Waals surface area (Å²) in [5.74, 6) is -12.8. The van der Waals surface area contributed by atoms with Crippen molar-refractivity contribution in [1.29, 1.82) is 0 Å². The van der Waals surface area contributed by atoms with Gasteiger partial charge in [-0.1, -0.05) is 23.7 Å². The average Bonchev–Trinajstić information content (AvgIpc) is 3.23. The largest absolute Gasteiger partial charge is 0.468 e. The van der Waals surface area contributed by atoms with E-state index in [0.29, 0.717) is 17.0 Å². The van der Waals surface area contributed by atoms with Gasteiger partial charge in [0.25, 0.3) is 11.8 Å². The summed E-state index contributed by atoms with van der Waals surface area (Å²) in [5.41, 5.74) is -5.77. The lowest BCUT2D eigenvalue weighted by atomic mass is 9.73. The van der Waals surface area contributed by atoms with Gasteiger partial charge >= 0.3 is 18.1 Å². The third-order valence-corrected chi connectivity index (χ3v) is 9.18. The first-order valence-corrected chi connectivity index (χ1v) is 16.0. The molecule has 0 saturated heterocycles. The molecule has 0 saturated carbocycles. The van der Waals surface area contributed by atoms with Gasteiger partial charge in [-0.3, -0.25) is 24.3 Å². The van der Waals surface area contributed by atoms with Crippen LogP contribution in [0.1, 0.15) is 51.6 Å². The molecule has 47 heavy (non-hydrogen) atoms. The zero-order valence-electron chi connectivity index (χ0n) is 24.9. The second-order valence-corrected chi connectivity index (χ2v) is 13.3. The molecule has 10 nitrogen and oxygen atoms in total. The second kappa shape index (κ2) is 13.5. The van der Waals surface area contributed by atoms with Crippen LogP contribution >= 0.6 is 11.6 Å². The zero-order chi connectivity index (χ0) is 35.0. The van der Waals surface area contributed by atoms with Crippen LogP contribution in [0.2, 0.25) is 5.02 Å². The molecule has 0 spiro atoms. The van der Waals surface area contributed by atoms with Gasteiger partial charge in [0.2, 0.25) is 0 Å². The number of aliphatic imine (C=N–C) groups is 1. The zero-order valence-corrected chi connectivity index (χ0v) is 26.4. The number of benzene rings is 2. The Kier molecular flexibility index (Phi) is 10.3. The highest BCUT2D eigenvalue weighted by Crippen LogP contribution is 2.48. The highest BCUT2D eigenvalue weighted by molar-refractivity contribution is 7.91. The summed E-state index contributed by atoms with van der Waals surface area (Å²) < 4.78 is 110. The van der Waals surface area contributed by atoms with Gasteiger partial charge < -0.3 is 9.47 Å². The number of alkyl halides is 4. The number of imide groups is 1. The SMILES string of the molecule is COC(=O)C1C(CF)=NC(CS(=O)(=O)CCN2C(=O)c3ccccc3C2=O)=C(C(=O)OC(C)C)C1c1c(F)ccc(Cl)c1C(F)(F)F. The van der Waals surface area contributed by atoms with E-state index in [1.165, 1.54) is 38.1 Å². The van der Waals surface area contributed by atoms with Crippen molar-refractivity contribution in [3.8, 4) is 0 Å². The Morgan fingerprint density at radius 3 is 2.17 bits per heavy atom. The maximum atomic E-state index is 15.6. The number of fused-ring (bicyclic) bond motifs is 1. The smallest absolute Gasteiger partial charge is 0.418 e. The fraction of sp³-hybridized carbons (Fsp3) is 0.367. The number of amides is 2. The topological polar surface area (TPSA) is 136 Å². The van der Waals surface area contributed by atoms with Gasteiger partial charge in [-0.25, -0.2) is 22.0 Å². The lowest BCUT2D eigenvalue weighted by Crippen LogP contribution is -2.41. The maximum Gasteiger partial charge on any atom is 0.418 e. The molecule has 252 valence electrons. The summed E-state index contributed by atoms with van der Waals surface area (Å²) >= 11 is 5.86.